The highest BCUT2D eigenvalue weighted by Gasteiger charge is 2.58. The van der Waals surface area contributed by atoms with Crippen molar-refractivity contribution in [2.24, 2.45) is 11.5 Å². The van der Waals surface area contributed by atoms with E-state index in [4.69, 9.17) is 49.4 Å². The van der Waals surface area contributed by atoms with E-state index < -0.39 is 16.0 Å². The molecule has 0 aliphatic carbocycles. The SMILES string of the molecule is CC(=O)CCCOCCOCCOCCOCCC(=O)NC(CCCCN)C(=O)NCCOCCOCCOCCOCCC(=O)C1(C(N)=O)SS1. The summed E-state index contributed by atoms with van der Waals surface area (Å²) in [6.45, 7) is 8.12. The second-order valence-corrected chi connectivity index (χ2v) is 14.3. The fraction of sp³-hybridized carbons (Fsp3) is 0.848. The maximum absolute atomic E-state index is 12.7. The summed E-state index contributed by atoms with van der Waals surface area (Å²) in [5.74, 6) is -1.26. The second kappa shape index (κ2) is 32.5. The van der Waals surface area contributed by atoms with Gasteiger partial charge in [0.2, 0.25) is 15.9 Å². The lowest BCUT2D eigenvalue weighted by Gasteiger charge is -2.18. The normalized spacial score (nSPS) is 13.8. The summed E-state index contributed by atoms with van der Waals surface area (Å²) in [5, 5.41) is 5.59. The molecular weight excluding hydrogens is 725 g/mol. The predicted molar refractivity (Wildman–Crippen MR) is 196 cm³/mol. The average Bonchev–Trinajstić information content (AvgIpc) is 3.94. The first-order valence-electron chi connectivity index (χ1n) is 17.8. The summed E-state index contributed by atoms with van der Waals surface area (Å²) >= 11 is 0. The summed E-state index contributed by atoms with van der Waals surface area (Å²) in [6.07, 6.45) is 3.39. The van der Waals surface area contributed by atoms with Crippen LogP contribution in [-0.4, -0.2) is 158 Å². The number of carbonyl (C=O) groups excluding carboxylic acids is 5. The number of ether oxygens (including phenoxy) is 8. The topological polar surface area (TPSA) is 235 Å². The molecule has 1 fully saturated rings. The van der Waals surface area contributed by atoms with Crippen LogP contribution < -0.4 is 22.1 Å². The van der Waals surface area contributed by atoms with Crippen molar-refractivity contribution >= 4 is 50.9 Å². The van der Waals surface area contributed by atoms with Crippen molar-refractivity contribution in [1.29, 1.82) is 0 Å². The van der Waals surface area contributed by atoms with Gasteiger partial charge >= 0.3 is 0 Å². The van der Waals surface area contributed by atoms with E-state index in [2.05, 4.69) is 10.6 Å². The maximum atomic E-state index is 12.7. The third-order valence-electron chi connectivity index (χ3n) is 7.08. The van der Waals surface area contributed by atoms with Crippen molar-refractivity contribution in [2.75, 3.05) is 119 Å². The van der Waals surface area contributed by atoms with Gasteiger partial charge in [-0.1, -0.05) is 21.6 Å². The van der Waals surface area contributed by atoms with Crippen LogP contribution in [0, 0.1) is 0 Å². The average molecular weight is 785 g/mol. The van der Waals surface area contributed by atoms with Gasteiger partial charge in [-0.05, 0) is 39.2 Å². The number of carbonyl (C=O) groups is 5. The van der Waals surface area contributed by atoms with Crippen molar-refractivity contribution in [3.05, 3.63) is 0 Å². The minimum absolute atomic E-state index is 0.110. The minimum Gasteiger partial charge on any atom is -0.379 e. The molecule has 0 radical (unpaired) electrons. The van der Waals surface area contributed by atoms with Gasteiger partial charge in [0.15, 0.2) is 5.78 Å². The molecule has 1 aliphatic heterocycles. The highest BCUT2D eigenvalue weighted by molar-refractivity contribution is 8.94. The van der Waals surface area contributed by atoms with Crippen LogP contribution in [0.4, 0.5) is 0 Å². The molecule has 0 aromatic heterocycles. The Kier molecular flexibility index (Phi) is 30.1. The molecule has 0 aromatic carbocycles. The molecule has 1 saturated heterocycles. The number of hydrogen-bond acceptors (Lipinski definition) is 16. The van der Waals surface area contributed by atoms with Gasteiger partial charge in [0.1, 0.15) is 11.8 Å². The smallest absolute Gasteiger partial charge is 0.253 e. The highest BCUT2D eigenvalue weighted by Crippen LogP contribution is 2.65. The third kappa shape index (κ3) is 26.0. The van der Waals surface area contributed by atoms with Crippen molar-refractivity contribution in [3.8, 4) is 0 Å². The minimum atomic E-state index is -1.12. The molecule has 0 saturated carbocycles. The monoisotopic (exact) mass is 784 g/mol. The Morgan fingerprint density at radius 2 is 1.06 bits per heavy atom. The van der Waals surface area contributed by atoms with Crippen molar-refractivity contribution in [2.45, 2.75) is 62.0 Å². The first-order chi connectivity index (χ1) is 25.2. The van der Waals surface area contributed by atoms with Gasteiger partial charge < -0.3 is 64.8 Å². The molecule has 1 rings (SSSR count). The highest BCUT2D eigenvalue weighted by atomic mass is 33.2. The van der Waals surface area contributed by atoms with Crippen LogP contribution in [0.15, 0.2) is 0 Å². The van der Waals surface area contributed by atoms with E-state index in [0.717, 1.165) is 12.8 Å². The molecule has 0 aromatic rings. The molecule has 19 heteroatoms. The Bertz CT molecular complexity index is 996. The number of rotatable bonds is 39. The lowest BCUT2D eigenvalue weighted by molar-refractivity contribution is -0.130. The third-order valence-corrected chi connectivity index (χ3v) is 9.94. The number of primary amides is 1. The quantitative estimate of drug-likeness (QED) is 0.0281. The Labute approximate surface area is 315 Å². The largest absolute Gasteiger partial charge is 0.379 e. The van der Waals surface area contributed by atoms with Gasteiger partial charge in [0, 0.05) is 32.4 Å². The molecule has 0 spiro atoms. The van der Waals surface area contributed by atoms with Gasteiger partial charge in [-0.2, -0.15) is 0 Å². The van der Waals surface area contributed by atoms with Crippen molar-refractivity contribution in [3.63, 3.8) is 0 Å². The van der Waals surface area contributed by atoms with Crippen molar-refractivity contribution in [1.82, 2.24) is 10.6 Å². The molecule has 1 heterocycles. The lowest BCUT2D eigenvalue weighted by Crippen LogP contribution is -2.47. The number of unbranched alkanes of at least 4 members (excludes halogenated alkanes) is 1. The summed E-state index contributed by atoms with van der Waals surface area (Å²) < 4.78 is 42.3. The standard InChI is InChI=1S/C33H60N4O13S2/c1-27(38)5-4-11-43-15-19-47-23-24-49-21-17-45-13-8-30(40)37-28(6-2-3-9-34)31(41)36-10-14-46-18-22-50-26-25-48-20-16-44-12-7-29(39)33(32(35)42)51-52-33/h28H,2-26,34H2,1H3,(H2,35,42)(H,36,41)(H,37,40). The van der Waals surface area contributed by atoms with Gasteiger partial charge in [0.25, 0.3) is 5.91 Å². The Hall–Kier alpha value is -1.91. The molecule has 1 atom stereocenters. The van der Waals surface area contributed by atoms with E-state index in [9.17, 15) is 24.0 Å². The summed E-state index contributed by atoms with van der Waals surface area (Å²) in [7, 11) is 2.35. The van der Waals surface area contributed by atoms with Crippen LogP contribution >= 0.6 is 21.6 Å². The molecule has 302 valence electrons. The number of ketones is 2. The van der Waals surface area contributed by atoms with Crippen molar-refractivity contribution < 1.29 is 61.9 Å². The maximum Gasteiger partial charge on any atom is 0.253 e. The molecule has 3 amide bonds. The molecule has 0 bridgehead atoms. The number of nitrogens with two attached hydrogens (primary N) is 2. The van der Waals surface area contributed by atoms with E-state index in [1.165, 1.54) is 21.6 Å². The molecule has 1 unspecified atom stereocenters. The number of nitrogens with one attached hydrogen (secondary N) is 2. The zero-order chi connectivity index (χ0) is 38.1. The van der Waals surface area contributed by atoms with Crippen LogP contribution in [0.25, 0.3) is 0 Å². The fourth-order valence-electron chi connectivity index (χ4n) is 4.19. The van der Waals surface area contributed by atoms with E-state index >= 15 is 0 Å². The molecule has 52 heavy (non-hydrogen) atoms. The van der Waals surface area contributed by atoms with Crippen LogP contribution in [0.3, 0.4) is 0 Å². The van der Waals surface area contributed by atoms with E-state index in [1.807, 2.05) is 0 Å². The second-order valence-electron chi connectivity index (χ2n) is 11.5. The van der Waals surface area contributed by atoms with E-state index in [-0.39, 0.29) is 62.6 Å². The number of hydrogen-bond donors (Lipinski definition) is 4. The molecular formula is C33H60N4O13S2. The Morgan fingerprint density at radius 3 is 1.52 bits per heavy atom. The zero-order valence-electron chi connectivity index (χ0n) is 30.5. The van der Waals surface area contributed by atoms with Gasteiger partial charge in [-0.3, -0.25) is 19.2 Å². The molecule has 17 nitrogen and oxygen atoms in total. The first-order valence-corrected chi connectivity index (χ1v) is 20.0. The van der Waals surface area contributed by atoms with Crippen LogP contribution in [0.1, 0.15) is 51.9 Å². The van der Waals surface area contributed by atoms with Crippen LogP contribution in [-0.2, 0) is 61.9 Å². The van der Waals surface area contributed by atoms with Crippen LogP contribution in [0.2, 0.25) is 0 Å². The number of Topliss-reactive ketones (excluding diaryl/α,β-unsaturated/α-hetero) is 2. The van der Waals surface area contributed by atoms with Crippen LogP contribution in [0.5, 0.6) is 0 Å². The summed E-state index contributed by atoms with van der Waals surface area (Å²) in [6, 6.07) is -0.681. The molecule has 1 aliphatic rings. The van der Waals surface area contributed by atoms with E-state index in [0.29, 0.717) is 112 Å². The Balaban J connectivity index is 1.98. The summed E-state index contributed by atoms with van der Waals surface area (Å²) in [4.78, 5) is 59.4. The molecule has 6 N–H and O–H groups in total. The van der Waals surface area contributed by atoms with Gasteiger partial charge in [-0.25, -0.2) is 0 Å². The first kappa shape index (κ1) is 48.1. The summed E-state index contributed by atoms with van der Waals surface area (Å²) in [5.41, 5.74) is 10.8. The Morgan fingerprint density at radius 1 is 0.596 bits per heavy atom. The van der Waals surface area contributed by atoms with E-state index in [1.54, 1.807) is 6.92 Å². The van der Waals surface area contributed by atoms with Gasteiger partial charge in [0.05, 0.1) is 99.1 Å². The predicted octanol–water partition coefficient (Wildman–Crippen LogP) is 0.144. The van der Waals surface area contributed by atoms with Gasteiger partial charge in [-0.15, -0.1) is 0 Å². The number of amides is 3. The fourth-order valence-corrected chi connectivity index (χ4v) is 6.13. The zero-order valence-corrected chi connectivity index (χ0v) is 32.2. The lowest BCUT2D eigenvalue weighted by atomic mass is 10.1.